The summed E-state index contributed by atoms with van der Waals surface area (Å²) in [6, 6.07) is 0. The van der Waals surface area contributed by atoms with E-state index in [1.807, 2.05) is 0 Å². The van der Waals surface area contributed by atoms with Gasteiger partial charge in [0.1, 0.15) is 22.2 Å². The summed E-state index contributed by atoms with van der Waals surface area (Å²) in [6.07, 6.45) is -67.4. The number of hydrogen-bond acceptors (Lipinski definition) is 0. The number of alkyl halides is 24. The van der Waals surface area contributed by atoms with Crippen molar-refractivity contribution in [2.24, 2.45) is 0 Å². The highest BCUT2D eigenvalue weighted by Gasteiger charge is 2.92. The van der Waals surface area contributed by atoms with E-state index < -0.39 is 79.6 Å². The van der Waals surface area contributed by atoms with Gasteiger partial charge in [-0.2, -0.15) is 105 Å². The van der Waals surface area contributed by atoms with Crippen molar-refractivity contribution in [3.8, 4) is 0 Å². The van der Waals surface area contributed by atoms with E-state index in [1.165, 1.54) is 0 Å². The van der Waals surface area contributed by atoms with Crippen molar-refractivity contribution in [2.75, 3.05) is 0 Å². The molecule has 0 bridgehead atoms. The predicted molar refractivity (Wildman–Crippen MR) is 69.2 cm³/mol. The quantitative estimate of drug-likeness (QED) is 0.214. The van der Waals surface area contributed by atoms with Gasteiger partial charge in [0.05, 0.1) is 0 Å². The van der Waals surface area contributed by atoms with Crippen LogP contribution in [0.5, 0.6) is 0 Å². The minimum absolute atomic E-state index is 7.68. The van der Waals surface area contributed by atoms with Crippen LogP contribution < -0.4 is 0 Å². The first-order chi connectivity index (χ1) is 15.5. The van der Waals surface area contributed by atoms with Crippen LogP contribution in [0.2, 0.25) is 22.2 Å². The van der Waals surface area contributed by atoms with Gasteiger partial charge in [-0.3, -0.25) is 0 Å². The first-order valence-corrected chi connectivity index (χ1v) is 10.3. The molecule has 0 aliphatic heterocycles. The van der Waals surface area contributed by atoms with Crippen LogP contribution in [0.1, 0.15) is 0 Å². The standard InChI is InChI=1S/C12H4F24Si/c13-5(14,15)1(6(16,17)18)37(2(7(19,20)21)8(22,23)24,3(9(25,26)27)10(28,29)30)4(11(31,32)33)12(34,35)36/h1-4H. The van der Waals surface area contributed by atoms with Crippen LogP contribution in [0.4, 0.5) is 105 Å². The fourth-order valence-electron chi connectivity index (χ4n) is 4.01. The molecule has 25 heteroatoms. The van der Waals surface area contributed by atoms with Gasteiger partial charge in [-0.05, 0) is 0 Å². The molecule has 0 aromatic heterocycles. The maximum absolute atomic E-state index is 13.2. The Morgan fingerprint density at radius 1 is 0.216 bits per heavy atom. The van der Waals surface area contributed by atoms with Gasteiger partial charge in [0.2, 0.25) is 0 Å². The second-order valence-electron chi connectivity index (χ2n) is 7.06. The third kappa shape index (κ3) is 7.35. The summed E-state index contributed by atoms with van der Waals surface area (Å²) >= 11 is 0. The topological polar surface area (TPSA) is 0 Å². The molecule has 0 aliphatic rings. The van der Waals surface area contributed by atoms with Gasteiger partial charge in [-0.15, -0.1) is 0 Å². The molecule has 0 amide bonds. The summed E-state index contributed by atoms with van der Waals surface area (Å²) in [4.78, 5) is 0. The number of hydrogen-bond donors (Lipinski definition) is 0. The predicted octanol–water partition coefficient (Wildman–Crippen LogP) is 9.41. The van der Waals surface area contributed by atoms with Gasteiger partial charge >= 0.3 is 49.4 Å². The summed E-state index contributed by atoms with van der Waals surface area (Å²) in [5.74, 6) is 0. The minimum atomic E-state index is -11.4. The van der Waals surface area contributed by atoms with Crippen LogP contribution in [-0.4, -0.2) is 57.5 Å². The van der Waals surface area contributed by atoms with Crippen molar-refractivity contribution < 1.29 is 105 Å². The van der Waals surface area contributed by atoms with Gasteiger partial charge in [-0.25, -0.2) is 0 Å². The molecule has 0 nitrogen and oxygen atoms in total. The Kier molecular flexibility index (Phi) is 8.96. The lowest BCUT2D eigenvalue weighted by atomic mass is 10.3. The zero-order valence-corrected chi connectivity index (χ0v) is 16.9. The molecular formula is C12H4F24Si. The van der Waals surface area contributed by atoms with Crippen molar-refractivity contribution in [1.29, 1.82) is 0 Å². The molecule has 0 saturated carbocycles. The highest BCUT2D eigenvalue weighted by molar-refractivity contribution is 6.86. The lowest BCUT2D eigenvalue weighted by molar-refractivity contribution is -0.278. The average molecular weight is 632 g/mol. The molecule has 0 atom stereocenters. The molecule has 0 spiro atoms. The van der Waals surface area contributed by atoms with Crippen molar-refractivity contribution in [1.82, 2.24) is 0 Å². The molecule has 224 valence electrons. The Bertz CT molecular complexity index is 570. The maximum atomic E-state index is 13.2. The van der Waals surface area contributed by atoms with E-state index in [4.69, 9.17) is 0 Å². The molecule has 0 N–H and O–H groups in total. The molecule has 0 aliphatic carbocycles. The lowest BCUT2D eigenvalue weighted by Gasteiger charge is -2.54. The van der Waals surface area contributed by atoms with Gasteiger partial charge < -0.3 is 0 Å². The van der Waals surface area contributed by atoms with E-state index in [-0.39, 0.29) is 0 Å². The molecular weight excluding hydrogens is 628 g/mol. The molecule has 37 heavy (non-hydrogen) atoms. The normalized spacial score (nSPS) is 16.5. The van der Waals surface area contributed by atoms with E-state index >= 15 is 0 Å². The summed E-state index contributed by atoms with van der Waals surface area (Å²) in [6.45, 7) is 0. The number of halogens is 24. The van der Waals surface area contributed by atoms with Crippen molar-refractivity contribution in [3.05, 3.63) is 0 Å². The summed E-state index contributed by atoms with van der Waals surface area (Å²) in [7, 11) is -11.4. The molecule has 0 rings (SSSR count). The molecule has 0 fully saturated rings. The molecule has 0 saturated heterocycles. The second kappa shape index (κ2) is 9.33. The fourth-order valence-corrected chi connectivity index (χ4v) is 10.5. The fraction of sp³-hybridized carbons (Fsp3) is 1.00. The van der Waals surface area contributed by atoms with E-state index in [1.54, 1.807) is 0 Å². The van der Waals surface area contributed by atoms with E-state index in [9.17, 15) is 105 Å². The van der Waals surface area contributed by atoms with Crippen LogP contribution >= 0.6 is 0 Å². The van der Waals surface area contributed by atoms with Crippen LogP contribution in [0.3, 0.4) is 0 Å². The van der Waals surface area contributed by atoms with Crippen molar-refractivity contribution in [3.63, 3.8) is 0 Å². The van der Waals surface area contributed by atoms with Crippen LogP contribution in [0.25, 0.3) is 0 Å². The minimum Gasteiger partial charge on any atom is -0.171 e. The molecule has 0 unspecified atom stereocenters. The van der Waals surface area contributed by atoms with Crippen molar-refractivity contribution >= 4 is 8.07 Å². The third-order valence-electron chi connectivity index (χ3n) is 4.62. The van der Waals surface area contributed by atoms with Gasteiger partial charge in [0.25, 0.3) is 0 Å². The van der Waals surface area contributed by atoms with Gasteiger partial charge in [0.15, 0.2) is 8.07 Å². The second-order valence-corrected chi connectivity index (χ2v) is 11.4. The monoisotopic (exact) mass is 632 g/mol. The Hall–Kier alpha value is -1.46. The van der Waals surface area contributed by atoms with Gasteiger partial charge in [0, 0.05) is 0 Å². The first-order valence-electron chi connectivity index (χ1n) is 8.00. The molecule has 0 heterocycles. The van der Waals surface area contributed by atoms with E-state index in [0.717, 1.165) is 0 Å². The number of rotatable bonds is 4. The Labute approximate surface area is 186 Å². The van der Waals surface area contributed by atoms with Crippen LogP contribution in [0, 0.1) is 0 Å². The van der Waals surface area contributed by atoms with Gasteiger partial charge in [-0.1, -0.05) is 0 Å². The zero-order valence-electron chi connectivity index (χ0n) is 15.9. The summed E-state index contributed by atoms with van der Waals surface area (Å²) < 4.78 is 318. The zero-order chi connectivity index (χ0) is 30.8. The highest BCUT2D eigenvalue weighted by atomic mass is 28.3. The Balaban J connectivity index is 9.26. The Morgan fingerprint density at radius 2 is 0.297 bits per heavy atom. The third-order valence-corrected chi connectivity index (χ3v) is 11.2. The molecule has 0 aromatic rings. The van der Waals surface area contributed by atoms with Crippen LogP contribution in [0.15, 0.2) is 0 Å². The summed E-state index contributed by atoms with van der Waals surface area (Å²) in [5, 5.41) is 0. The molecule has 0 aromatic carbocycles. The van der Waals surface area contributed by atoms with E-state index in [0.29, 0.717) is 0 Å². The largest absolute Gasteiger partial charge is 0.398 e. The van der Waals surface area contributed by atoms with E-state index in [2.05, 4.69) is 0 Å². The maximum Gasteiger partial charge on any atom is 0.398 e. The van der Waals surface area contributed by atoms with Crippen molar-refractivity contribution in [2.45, 2.75) is 71.6 Å². The first kappa shape index (κ1) is 35.5. The highest BCUT2D eigenvalue weighted by Crippen LogP contribution is 2.75. The molecule has 0 radical (unpaired) electrons. The smallest absolute Gasteiger partial charge is 0.171 e. The Morgan fingerprint density at radius 3 is 0.351 bits per heavy atom. The SMILES string of the molecule is FC(F)(F)C(C(F)(F)F)[Si](C(C(F)(F)F)C(F)(F)F)(C(C(F)(F)F)C(F)(F)F)C(C(F)(F)F)C(F)(F)F. The average Bonchev–Trinajstić information content (AvgIpc) is 2.30. The van der Waals surface area contributed by atoms with Crippen LogP contribution in [-0.2, 0) is 0 Å². The lowest BCUT2D eigenvalue weighted by Crippen LogP contribution is -2.74. The summed E-state index contributed by atoms with van der Waals surface area (Å²) in [5.41, 5.74) is -30.7.